The first-order valence-electron chi connectivity index (χ1n) is 6.30. The number of likely N-dealkylation sites (tertiary alicyclic amines) is 1. The Kier molecular flexibility index (Phi) is 4.51. The Morgan fingerprint density at radius 3 is 2.25 bits per heavy atom. The maximum atomic E-state index is 11.8. The molecule has 1 amide bonds. The number of amides is 1. The summed E-state index contributed by atoms with van der Waals surface area (Å²) in [6.07, 6.45) is 4.17. The minimum Gasteiger partial charge on any atom is -0.342 e. The maximum absolute atomic E-state index is 11.8. The first-order chi connectivity index (χ1) is 7.53. The van der Waals surface area contributed by atoms with Crippen LogP contribution >= 0.6 is 0 Å². The number of rotatable bonds is 5. The minimum absolute atomic E-state index is 0.102. The number of carbonyl (C=O) groups excluding carboxylic acids is 2. The third kappa shape index (κ3) is 3.06. The van der Waals surface area contributed by atoms with E-state index in [4.69, 9.17) is 0 Å². The van der Waals surface area contributed by atoms with Crippen molar-refractivity contribution >= 4 is 11.7 Å². The molecule has 1 rings (SSSR count). The van der Waals surface area contributed by atoms with Gasteiger partial charge in [0.2, 0.25) is 5.91 Å². The third-order valence-corrected chi connectivity index (χ3v) is 3.98. The standard InChI is InChI=1S/C13H23NO2/c1-4-13(5-2)8-9-14(10-13)12(16)7-6-11(3)15/h4-10H2,1-3H3. The van der Waals surface area contributed by atoms with Gasteiger partial charge < -0.3 is 9.69 Å². The molecule has 0 aromatic rings. The largest absolute Gasteiger partial charge is 0.342 e. The summed E-state index contributed by atoms with van der Waals surface area (Å²) in [4.78, 5) is 24.6. The fourth-order valence-corrected chi connectivity index (χ4v) is 2.42. The van der Waals surface area contributed by atoms with E-state index in [0.29, 0.717) is 18.3 Å². The van der Waals surface area contributed by atoms with Crippen LogP contribution in [0, 0.1) is 5.41 Å². The van der Waals surface area contributed by atoms with Crippen molar-refractivity contribution in [1.29, 1.82) is 0 Å². The van der Waals surface area contributed by atoms with Crippen molar-refractivity contribution < 1.29 is 9.59 Å². The summed E-state index contributed by atoms with van der Waals surface area (Å²) in [6.45, 7) is 7.70. The number of Topliss-reactive ketones (excluding diaryl/α,β-unsaturated/α-hetero) is 1. The molecule has 0 saturated carbocycles. The van der Waals surface area contributed by atoms with E-state index in [1.165, 1.54) is 0 Å². The summed E-state index contributed by atoms with van der Waals surface area (Å²) < 4.78 is 0. The van der Waals surface area contributed by atoms with Crippen LogP contribution in [0.2, 0.25) is 0 Å². The monoisotopic (exact) mass is 225 g/mol. The molecular weight excluding hydrogens is 202 g/mol. The summed E-state index contributed by atoms with van der Waals surface area (Å²) >= 11 is 0. The smallest absolute Gasteiger partial charge is 0.223 e. The van der Waals surface area contributed by atoms with Crippen LogP contribution in [0.4, 0.5) is 0 Å². The van der Waals surface area contributed by atoms with Gasteiger partial charge >= 0.3 is 0 Å². The van der Waals surface area contributed by atoms with E-state index in [1.54, 1.807) is 6.92 Å². The Bertz CT molecular complexity index is 269. The van der Waals surface area contributed by atoms with Gasteiger partial charge in [-0.05, 0) is 31.6 Å². The highest BCUT2D eigenvalue weighted by Crippen LogP contribution is 2.37. The van der Waals surface area contributed by atoms with Crippen LogP contribution in [0.15, 0.2) is 0 Å². The predicted molar refractivity (Wildman–Crippen MR) is 64.1 cm³/mol. The molecule has 1 saturated heterocycles. The van der Waals surface area contributed by atoms with Crippen LogP contribution < -0.4 is 0 Å². The summed E-state index contributed by atoms with van der Waals surface area (Å²) in [7, 11) is 0. The second-order valence-electron chi connectivity index (χ2n) is 4.97. The van der Waals surface area contributed by atoms with Gasteiger partial charge in [-0.15, -0.1) is 0 Å². The molecule has 16 heavy (non-hydrogen) atoms. The van der Waals surface area contributed by atoms with E-state index in [-0.39, 0.29) is 11.7 Å². The normalized spacial score (nSPS) is 18.8. The topological polar surface area (TPSA) is 37.4 Å². The second kappa shape index (κ2) is 5.46. The molecule has 0 N–H and O–H groups in total. The zero-order valence-corrected chi connectivity index (χ0v) is 10.7. The van der Waals surface area contributed by atoms with Gasteiger partial charge in [0.25, 0.3) is 0 Å². The molecule has 3 heteroatoms. The summed E-state index contributed by atoms with van der Waals surface area (Å²) in [5.74, 6) is 0.253. The lowest BCUT2D eigenvalue weighted by Crippen LogP contribution is -2.31. The highest BCUT2D eigenvalue weighted by Gasteiger charge is 2.36. The van der Waals surface area contributed by atoms with Gasteiger partial charge in [0.15, 0.2) is 0 Å². The van der Waals surface area contributed by atoms with Crippen LogP contribution in [-0.4, -0.2) is 29.7 Å². The molecule has 1 aliphatic rings. The Morgan fingerprint density at radius 2 is 1.81 bits per heavy atom. The van der Waals surface area contributed by atoms with E-state index in [9.17, 15) is 9.59 Å². The predicted octanol–water partition coefficient (Wildman–Crippen LogP) is 2.39. The molecule has 0 atom stereocenters. The third-order valence-electron chi connectivity index (χ3n) is 3.98. The Morgan fingerprint density at radius 1 is 1.19 bits per heavy atom. The first-order valence-corrected chi connectivity index (χ1v) is 6.30. The quantitative estimate of drug-likeness (QED) is 0.720. The Balaban J connectivity index is 2.46. The van der Waals surface area contributed by atoms with Gasteiger partial charge in [-0.25, -0.2) is 0 Å². The van der Waals surface area contributed by atoms with E-state index in [0.717, 1.165) is 32.4 Å². The minimum atomic E-state index is 0.102. The lowest BCUT2D eigenvalue weighted by atomic mass is 9.82. The molecule has 0 aromatic carbocycles. The van der Waals surface area contributed by atoms with Crippen molar-refractivity contribution in [2.45, 2.75) is 52.9 Å². The average molecular weight is 225 g/mol. The summed E-state index contributed by atoms with van der Waals surface area (Å²) in [5, 5.41) is 0. The van der Waals surface area contributed by atoms with E-state index >= 15 is 0 Å². The lowest BCUT2D eigenvalue weighted by Gasteiger charge is -2.26. The molecular formula is C13H23NO2. The zero-order chi connectivity index (χ0) is 12.2. The molecule has 1 heterocycles. The zero-order valence-electron chi connectivity index (χ0n) is 10.7. The van der Waals surface area contributed by atoms with Crippen LogP contribution in [0.5, 0.6) is 0 Å². The Labute approximate surface area is 98.2 Å². The molecule has 0 aliphatic carbocycles. The number of hydrogen-bond donors (Lipinski definition) is 0. The highest BCUT2D eigenvalue weighted by atomic mass is 16.2. The molecule has 92 valence electrons. The fraction of sp³-hybridized carbons (Fsp3) is 0.846. The highest BCUT2D eigenvalue weighted by molar-refractivity contribution is 5.83. The number of nitrogens with zero attached hydrogens (tertiary/aromatic N) is 1. The van der Waals surface area contributed by atoms with E-state index in [2.05, 4.69) is 13.8 Å². The molecule has 1 aliphatic heterocycles. The second-order valence-corrected chi connectivity index (χ2v) is 4.97. The van der Waals surface area contributed by atoms with Crippen LogP contribution in [0.1, 0.15) is 52.9 Å². The Hall–Kier alpha value is -0.860. The van der Waals surface area contributed by atoms with Gasteiger partial charge in [0.1, 0.15) is 5.78 Å². The molecule has 3 nitrogen and oxygen atoms in total. The van der Waals surface area contributed by atoms with Crippen LogP contribution in [0.25, 0.3) is 0 Å². The SMILES string of the molecule is CCC1(CC)CCN(C(=O)CCC(C)=O)C1. The summed E-state index contributed by atoms with van der Waals surface area (Å²) in [6, 6.07) is 0. The molecule has 0 bridgehead atoms. The van der Waals surface area contributed by atoms with Crippen LogP contribution in [0.3, 0.4) is 0 Å². The fourth-order valence-electron chi connectivity index (χ4n) is 2.42. The number of carbonyl (C=O) groups is 2. The van der Waals surface area contributed by atoms with Gasteiger partial charge in [0.05, 0.1) is 0 Å². The van der Waals surface area contributed by atoms with Gasteiger partial charge in [-0.2, -0.15) is 0 Å². The van der Waals surface area contributed by atoms with E-state index < -0.39 is 0 Å². The van der Waals surface area contributed by atoms with E-state index in [1.807, 2.05) is 4.90 Å². The molecule has 0 spiro atoms. The maximum Gasteiger partial charge on any atom is 0.223 e. The average Bonchev–Trinajstić information content (AvgIpc) is 2.71. The van der Waals surface area contributed by atoms with Gasteiger partial charge in [0, 0.05) is 25.9 Å². The van der Waals surface area contributed by atoms with Crippen molar-refractivity contribution in [3.8, 4) is 0 Å². The molecule has 1 fully saturated rings. The van der Waals surface area contributed by atoms with Crippen molar-refractivity contribution in [2.24, 2.45) is 5.41 Å². The molecule has 0 unspecified atom stereocenters. The van der Waals surface area contributed by atoms with Crippen molar-refractivity contribution in [3.05, 3.63) is 0 Å². The van der Waals surface area contributed by atoms with Crippen molar-refractivity contribution in [3.63, 3.8) is 0 Å². The van der Waals surface area contributed by atoms with Gasteiger partial charge in [-0.3, -0.25) is 4.79 Å². The molecule has 0 radical (unpaired) electrons. The van der Waals surface area contributed by atoms with Gasteiger partial charge in [-0.1, -0.05) is 13.8 Å². The van der Waals surface area contributed by atoms with Crippen molar-refractivity contribution in [1.82, 2.24) is 4.90 Å². The lowest BCUT2D eigenvalue weighted by molar-refractivity contribution is -0.132. The summed E-state index contributed by atoms with van der Waals surface area (Å²) in [5.41, 5.74) is 0.339. The van der Waals surface area contributed by atoms with Crippen molar-refractivity contribution in [2.75, 3.05) is 13.1 Å². The van der Waals surface area contributed by atoms with Crippen LogP contribution in [-0.2, 0) is 9.59 Å². The molecule has 0 aromatic heterocycles. The number of hydrogen-bond acceptors (Lipinski definition) is 2. The number of ketones is 1. The first kappa shape index (κ1) is 13.2.